The van der Waals surface area contributed by atoms with Gasteiger partial charge in [-0.25, -0.2) is 0 Å². The Labute approximate surface area is 208 Å². The molecule has 2 heterocycles. The smallest absolute Gasteiger partial charge is 0.270 e. The summed E-state index contributed by atoms with van der Waals surface area (Å²) in [5, 5.41) is 10.6. The van der Waals surface area contributed by atoms with Crippen LogP contribution >= 0.6 is 24.0 Å². The van der Waals surface area contributed by atoms with Crippen molar-refractivity contribution in [2.24, 2.45) is 0 Å². The van der Waals surface area contributed by atoms with Crippen LogP contribution in [0.2, 0.25) is 0 Å². The molecule has 1 aliphatic heterocycles. The maximum Gasteiger partial charge on any atom is 0.270 e. The summed E-state index contributed by atoms with van der Waals surface area (Å²) in [6, 6.07) is 25.9. The number of hydrogen-bond donors (Lipinski definition) is 0. The van der Waals surface area contributed by atoms with Crippen molar-refractivity contribution in [3.05, 3.63) is 106 Å². The second-order valence-electron chi connectivity index (χ2n) is 8.17. The number of amides is 1. The lowest BCUT2D eigenvalue weighted by molar-refractivity contribution is -0.113. The highest BCUT2D eigenvalue weighted by atomic mass is 32.2. The molecule has 34 heavy (non-hydrogen) atoms. The summed E-state index contributed by atoms with van der Waals surface area (Å²) < 4.78 is 2.74. The molecule has 0 saturated carbocycles. The minimum absolute atomic E-state index is 0.102. The molecule has 0 spiro atoms. The van der Waals surface area contributed by atoms with Gasteiger partial charge < -0.3 is 4.57 Å². The lowest BCUT2D eigenvalue weighted by atomic mass is 10.1. The molecule has 0 atom stereocenters. The minimum Gasteiger partial charge on any atom is -0.340 e. The fourth-order valence-corrected chi connectivity index (χ4v) is 5.67. The summed E-state index contributed by atoms with van der Waals surface area (Å²) in [5.74, 6) is -0.102. The predicted octanol–water partition coefficient (Wildman–Crippen LogP) is 6.58. The van der Waals surface area contributed by atoms with Crippen LogP contribution < -0.4 is 4.90 Å². The van der Waals surface area contributed by atoms with E-state index in [-0.39, 0.29) is 5.91 Å². The van der Waals surface area contributed by atoms with Crippen molar-refractivity contribution >= 4 is 56.9 Å². The molecule has 5 rings (SSSR count). The van der Waals surface area contributed by atoms with Gasteiger partial charge in [-0.1, -0.05) is 78.6 Å². The number of thiocarbonyl (C=S) groups is 1. The van der Waals surface area contributed by atoms with E-state index in [0.717, 1.165) is 39.0 Å². The molecule has 1 fully saturated rings. The summed E-state index contributed by atoms with van der Waals surface area (Å²) in [4.78, 5) is 15.6. The average Bonchev–Trinajstić information content (AvgIpc) is 3.27. The summed E-state index contributed by atoms with van der Waals surface area (Å²) in [6.45, 7) is 4.62. The van der Waals surface area contributed by atoms with Crippen LogP contribution in [0.4, 0.5) is 5.69 Å². The molecule has 3 aromatic carbocycles. The van der Waals surface area contributed by atoms with Gasteiger partial charge in [0.15, 0.2) is 4.32 Å². The summed E-state index contributed by atoms with van der Waals surface area (Å²) in [7, 11) is 0. The fourth-order valence-electron chi connectivity index (χ4n) is 4.40. The van der Waals surface area contributed by atoms with Crippen LogP contribution in [0.25, 0.3) is 17.0 Å². The van der Waals surface area contributed by atoms with Crippen LogP contribution in [-0.4, -0.2) is 14.8 Å². The Morgan fingerprint density at radius 1 is 1.00 bits per heavy atom. The first kappa shape index (κ1) is 22.1. The first-order valence-electron chi connectivity index (χ1n) is 10.9. The first-order valence-corrected chi connectivity index (χ1v) is 12.1. The van der Waals surface area contributed by atoms with Crippen molar-refractivity contribution in [2.75, 3.05) is 4.90 Å². The number of aromatic nitrogens is 1. The van der Waals surface area contributed by atoms with Crippen LogP contribution in [0.1, 0.15) is 27.9 Å². The lowest BCUT2D eigenvalue weighted by Crippen LogP contribution is -2.28. The molecule has 1 aromatic heterocycles. The molecule has 6 heteroatoms. The molecule has 0 aliphatic carbocycles. The second kappa shape index (κ2) is 8.94. The van der Waals surface area contributed by atoms with E-state index >= 15 is 0 Å². The largest absolute Gasteiger partial charge is 0.340 e. The molecule has 0 radical (unpaired) electrons. The predicted molar refractivity (Wildman–Crippen MR) is 144 cm³/mol. The molecule has 0 unspecified atom stereocenters. The molecule has 166 valence electrons. The third-order valence-electron chi connectivity index (χ3n) is 6.17. The van der Waals surface area contributed by atoms with Gasteiger partial charge in [0.05, 0.1) is 22.2 Å². The number of para-hydroxylation sites is 2. The Morgan fingerprint density at radius 3 is 2.50 bits per heavy atom. The van der Waals surface area contributed by atoms with Crippen molar-refractivity contribution in [1.29, 1.82) is 5.26 Å². The SMILES string of the molecule is Cc1ccccc1N1C(=O)/C(=C/c2c(C)n(Cc3ccccc3C#N)c3ccccc23)SC1=S. The summed E-state index contributed by atoms with van der Waals surface area (Å²) >= 11 is 6.93. The molecule has 0 N–H and O–H groups in total. The number of carbonyl (C=O) groups is 1. The van der Waals surface area contributed by atoms with E-state index in [9.17, 15) is 10.1 Å². The number of nitrogens with zero attached hydrogens (tertiary/aromatic N) is 3. The molecular weight excluding hydrogens is 458 g/mol. The molecule has 1 saturated heterocycles. The van der Waals surface area contributed by atoms with Gasteiger partial charge in [-0.3, -0.25) is 9.69 Å². The lowest BCUT2D eigenvalue weighted by Gasteiger charge is -2.16. The number of aryl methyl sites for hydroxylation is 1. The van der Waals surface area contributed by atoms with Crippen LogP contribution in [-0.2, 0) is 11.3 Å². The number of carbonyl (C=O) groups excluding carboxylic acids is 1. The Bertz CT molecular complexity index is 1540. The standard InChI is InChI=1S/C28H21N3OS2/c1-18-9-3-7-13-24(18)31-27(32)26(34-28(31)33)15-23-19(2)30(25-14-8-6-12-22(23)25)17-21-11-5-4-10-20(21)16-29/h3-15H,17H2,1-2H3/b26-15-. The van der Waals surface area contributed by atoms with Gasteiger partial charge in [0.25, 0.3) is 5.91 Å². The molecular formula is C28H21N3OS2. The van der Waals surface area contributed by atoms with E-state index in [0.29, 0.717) is 21.3 Å². The number of rotatable bonds is 4. The van der Waals surface area contributed by atoms with Crippen molar-refractivity contribution in [1.82, 2.24) is 4.57 Å². The Kier molecular flexibility index (Phi) is 5.82. The van der Waals surface area contributed by atoms with Crippen LogP contribution in [0, 0.1) is 25.2 Å². The zero-order chi connectivity index (χ0) is 23.8. The first-order chi connectivity index (χ1) is 16.5. The Hall–Kier alpha value is -3.66. The highest BCUT2D eigenvalue weighted by Crippen LogP contribution is 2.39. The Morgan fingerprint density at radius 2 is 1.71 bits per heavy atom. The average molecular weight is 480 g/mol. The number of anilines is 1. The zero-order valence-corrected chi connectivity index (χ0v) is 20.4. The topological polar surface area (TPSA) is 49.0 Å². The van der Waals surface area contributed by atoms with E-state index in [4.69, 9.17) is 12.2 Å². The highest BCUT2D eigenvalue weighted by Gasteiger charge is 2.34. The third-order valence-corrected chi connectivity index (χ3v) is 7.47. The maximum absolute atomic E-state index is 13.4. The number of benzene rings is 3. The van der Waals surface area contributed by atoms with Crippen molar-refractivity contribution < 1.29 is 4.79 Å². The molecule has 1 amide bonds. The van der Waals surface area contributed by atoms with E-state index in [1.54, 1.807) is 4.90 Å². The molecule has 0 bridgehead atoms. The number of thioether (sulfide) groups is 1. The van der Waals surface area contributed by atoms with Gasteiger partial charge in [-0.2, -0.15) is 5.26 Å². The van der Waals surface area contributed by atoms with Crippen molar-refractivity contribution in [3.63, 3.8) is 0 Å². The van der Waals surface area contributed by atoms with Crippen LogP contribution in [0.15, 0.2) is 77.7 Å². The normalized spacial score (nSPS) is 14.9. The van der Waals surface area contributed by atoms with E-state index in [1.807, 2.05) is 73.7 Å². The van der Waals surface area contributed by atoms with Gasteiger partial charge >= 0.3 is 0 Å². The molecule has 4 aromatic rings. The van der Waals surface area contributed by atoms with E-state index in [2.05, 4.69) is 29.7 Å². The number of nitriles is 1. The quantitative estimate of drug-likeness (QED) is 0.245. The number of fused-ring (bicyclic) bond motifs is 1. The summed E-state index contributed by atoms with van der Waals surface area (Å²) in [5.41, 5.74) is 6.55. The van der Waals surface area contributed by atoms with E-state index in [1.165, 1.54) is 11.8 Å². The van der Waals surface area contributed by atoms with Crippen LogP contribution in [0.5, 0.6) is 0 Å². The molecule has 4 nitrogen and oxygen atoms in total. The second-order valence-corrected chi connectivity index (χ2v) is 9.85. The molecule has 1 aliphatic rings. The third kappa shape index (κ3) is 3.73. The monoisotopic (exact) mass is 479 g/mol. The van der Waals surface area contributed by atoms with Gasteiger partial charge in [-0.15, -0.1) is 0 Å². The zero-order valence-electron chi connectivity index (χ0n) is 18.8. The number of hydrogen-bond acceptors (Lipinski definition) is 4. The van der Waals surface area contributed by atoms with Gasteiger partial charge in [0, 0.05) is 28.7 Å². The maximum atomic E-state index is 13.4. The van der Waals surface area contributed by atoms with Gasteiger partial charge in [0.1, 0.15) is 0 Å². The van der Waals surface area contributed by atoms with Gasteiger partial charge in [0.2, 0.25) is 0 Å². The van der Waals surface area contributed by atoms with E-state index < -0.39 is 0 Å². The Balaban J connectivity index is 1.60. The van der Waals surface area contributed by atoms with Crippen molar-refractivity contribution in [2.45, 2.75) is 20.4 Å². The minimum atomic E-state index is -0.102. The van der Waals surface area contributed by atoms with Gasteiger partial charge in [-0.05, 0) is 49.2 Å². The summed E-state index contributed by atoms with van der Waals surface area (Å²) in [6.07, 6.45) is 1.96. The highest BCUT2D eigenvalue weighted by molar-refractivity contribution is 8.27. The van der Waals surface area contributed by atoms with Crippen molar-refractivity contribution in [3.8, 4) is 6.07 Å². The van der Waals surface area contributed by atoms with Crippen LogP contribution in [0.3, 0.4) is 0 Å². The fraction of sp³-hybridized carbons (Fsp3) is 0.107.